The summed E-state index contributed by atoms with van der Waals surface area (Å²) in [7, 11) is 0. The molecule has 1 unspecified atom stereocenters. The Morgan fingerprint density at radius 1 is 0.909 bits per heavy atom. The van der Waals surface area contributed by atoms with E-state index in [2.05, 4.69) is 36.9 Å². The normalized spacial score (nSPS) is 12.0. The third kappa shape index (κ3) is 2.84. The Kier molecular flexibility index (Phi) is 4.15. The minimum Gasteiger partial charge on any atom is -0.293 e. The molecule has 3 aromatic rings. The molecule has 0 saturated heterocycles. The van der Waals surface area contributed by atoms with Gasteiger partial charge in [0.05, 0.1) is 5.92 Å². The van der Waals surface area contributed by atoms with Gasteiger partial charge in [-0.1, -0.05) is 78.9 Å². The number of hydrogen-bond donors (Lipinski definition) is 0. The van der Waals surface area contributed by atoms with Crippen LogP contribution in [0, 0.1) is 0 Å². The number of allylic oxidation sites excluding steroid dienone is 1. The number of hydrogen-bond acceptors (Lipinski definition) is 1. The van der Waals surface area contributed by atoms with E-state index in [9.17, 15) is 4.79 Å². The summed E-state index contributed by atoms with van der Waals surface area (Å²) >= 11 is 0. The predicted molar refractivity (Wildman–Crippen MR) is 92.3 cm³/mol. The van der Waals surface area contributed by atoms with Crippen LogP contribution >= 0.6 is 0 Å². The summed E-state index contributed by atoms with van der Waals surface area (Å²) in [5.74, 6) is -0.0275. The molecule has 0 fully saturated rings. The highest BCUT2D eigenvalue weighted by atomic mass is 16.1. The van der Waals surface area contributed by atoms with Crippen LogP contribution in [0.1, 0.15) is 28.3 Å². The zero-order valence-electron chi connectivity index (χ0n) is 12.4. The van der Waals surface area contributed by atoms with Crippen molar-refractivity contribution in [3.05, 3.63) is 96.6 Å². The summed E-state index contributed by atoms with van der Waals surface area (Å²) in [6.45, 7) is 3.81. The van der Waals surface area contributed by atoms with E-state index < -0.39 is 0 Å². The lowest BCUT2D eigenvalue weighted by Gasteiger charge is -2.15. The van der Waals surface area contributed by atoms with Crippen LogP contribution in [0.25, 0.3) is 10.8 Å². The number of benzene rings is 3. The molecule has 22 heavy (non-hydrogen) atoms. The van der Waals surface area contributed by atoms with Gasteiger partial charge in [0.15, 0.2) is 5.78 Å². The smallest absolute Gasteiger partial charge is 0.170 e. The Labute approximate surface area is 130 Å². The molecule has 0 radical (unpaired) electrons. The van der Waals surface area contributed by atoms with Gasteiger partial charge in [0, 0.05) is 5.56 Å². The van der Waals surface area contributed by atoms with Gasteiger partial charge in [-0.15, -0.1) is 6.58 Å². The van der Waals surface area contributed by atoms with Crippen molar-refractivity contribution in [1.82, 2.24) is 0 Å². The summed E-state index contributed by atoms with van der Waals surface area (Å²) < 4.78 is 0. The van der Waals surface area contributed by atoms with Gasteiger partial charge in [-0.3, -0.25) is 4.79 Å². The number of carbonyl (C=O) groups excluding carboxylic acids is 1. The Balaban J connectivity index is 2.02. The maximum Gasteiger partial charge on any atom is 0.170 e. The van der Waals surface area contributed by atoms with Crippen LogP contribution in [-0.2, 0) is 0 Å². The van der Waals surface area contributed by atoms with E-state index in [-0.39, 0.29) is 11.7 Å². The first-order valence-corrected chi connectivity index (χ1v) is 7.48. The lowest BCUT2D eigenvalue weighted by atomic mass is 9.87. The number of carbonyl (C=O) groups is 1. The number of ketones is 1. The molecule has 0 N–H and O–H groups in total. The van der Waals surface area contributed by atoms with Gasteiger partial charge in [0.1, 0.15) is 0 Å². The number of fused-ring (bicyclic) bond motifs is 1. The van der Waals surface area contributed by atoms with Crippen molar-refractivity contribution in [1.29, 1.82) is 0 Å². The van der Waals surface area contributed by atoms with Crippen LogP contribution in [0.3, 0.4) is 0 Å². The van der Waals surface area contributed by atoms with Crippen molar-refractivity contribution < 1.29 is 4.79 Å². The Morgan fingerprint density at radius 2 is 1.59 bits per heavy atom. The standard InChI is InChI=1S/C21H18O/c1-2-8-20(21(22)17-10-4-3-5-11-17)19-14-13-16-9-6-7-12-18(16)15-19/h2-7,9-15,20H,1,8H2. The minimum atomic E-state index is -0.176. The molecular formula is C21H18O. The molecule has 108 valence electrons. The van der Waals surface area contributed by atoms with E-state index in [1.165, 1.54) is 5.39 Å². The zero-order valence-corrected chi connectivity index (χ0v) is 12.4. The van der Waals surface area contributed by atoms with E-state index >= 15 is 0 Å². The van der Waals surface area contributed by atoms with Crippen LogP contribution in [0.5, 0.6) is 0 Å². The Morgan fingerprint density at radius 3 is 2.32 bits per heavy atom. The van der Waals surface area contributed by atoms with Gasteiger partial charge in [0.2, 0.25) is 0 Å². The first-order chi connectivity index (χ1) is 10.8. The fourth-order valence-electron chi connectivity index (χ4n) is 2.79. The Bertz CT molecular complexity index is 802. The lowest BCUT2D eigenvalue weighted by Crippen LogP contribution is -2.12. The molecule has 0 bridgehead atoms. The van der Waals surface area contributed by atoms with Crippen LogP contribution in [0.2, 0.25) is 0 Å². The van der Waals surface area contributed by atoms with E-state index in [4.69, 9.17) is 0 Å². The zero-order chi connectivity index (χ0) is 15.4. The monoisotopic (exact) mass is 286 g/mol. The fourth-order valence-corrected chi connectivity index (χ4v) is 2.79. The van der Waals surface area contributed by atoms with Crippen LogP contribution < -0.4 is 0 Å². The molecule has 0 saturated carbocycles. The summed E-state index contributed by atoms with van der Waals surface area (Å²) in [4.78, 5) is 12.8. The van der Waals surface area contributed by atoms with E-state index in [0.717, 1.165) is 16.5 Å². The maximum absolute atomic E-state index is 12.8. The van der Waals surface area contributed by atoms with Gasteiger partial charge in [-0.25, -0.2) is 0 Å². The summed E-state index contributed by atoms with van der Waals surface area (Å²) in [6, 6.07) is 23.9. The highest BCUT2D eigenvalue weighted by Gasteiger charge is 2.20. The second kappa shape index (κ2) is 6.40. The number of rotatable bonds is 5. The predicted octanol–water partition coefficient (Wildman–Crippen LogP) is 5.38. The van der Waals surface area contributed by atoms with Gasteiger partial charge in [-0.05, 0) is 22.8 Å². The van der Waals surface area contributed by atoms with Crippen molar-refractivity contribution in [2.45, 2.75) is 12.3 Å². The molecule has 0 amide bonds. The van der Waals surface area contributed by atoms with Crippen LogP contribution in [0.4, 0.5) is 0 Å². The van der Waals surface area contributed by atoms with Gasteiger partial charge in [0.25, 0.3) is 0 Å². The van der Waals surface area contributed by atoms with Crippen LogP contribution in [-0.4, -0.2) is 5.78 Å². The second-order valence-electron chi connectivity index (χ2n) is 5.41. The molecule has 1 atom stereocenters. The molecule has 1 heteroatoms. The molecule has 0 aliphatic rings. The van der Waals surface area contributed by atoms with Crippen molar-refractivity contribution in [3.8, 4) is 0 Å². The van der Waals surface area contributed by atoms with Gasteiger partial charge >= 0.3 is 0 Å². The second-order valence-corrected chi connectivity index (χ2v) is 5.41. The molecule has 0 heterocycles. The summed E-state index contributed by atoms with van der Waals surface area (Å²) in [5, 5.41) is 2.35. The highest BCUT2D eigenvalue weighted by Crippen LogP contribution is 2.27. The highest BCUT2D eigenvalue weighted by molar-refractivity contribution is 6.01. The molecule has 1 nitrogen and oxygen atoms in total. The molecule has 3 rings (SSSR count). The topological polar surface area (TPSA) is 17.1 Å². The van der Waals surface area contributed by atoms with Gasteiger partial charge in [-0.2, -0.15) is 0 Å². The molecular weight excluding hydrogens is 268 g/mol. The third-order valence-electron chi connectivity index (χ3n) is 3.95. The van der Waals surface area contributed by atoms with Gasteiger partial charge < -0.3 is 0 Å². The molecule has 0 aromatic heterocycles. The summed E-state index contributed by atoms with van der Waals surface area (Å²) in [6.07, 6.45) is 2.47. The number of Topliss-reactive ketones (excluding diaryl/α,β-unsaturated/α-hetero) is 1. The van der Waals surface area contributed by atoms with Crippen molar-refractivity contribution in [3.63, 3.8) is 0 Å². The average Bonchev–Trinajstić information content (AvgIpc) is 2.59. The molecule has 0 spiro atoms. The summed E-state index contributed by atoms with van der Waals surface area (Å²) in [5.41, 5.74) is 1.80. The first kappa shape index (κ1) is 14.3. The fraction of sp³-hybridized carbons (Fsp3) is 0.0952. The van der Waals surface area contributed by atoms with E-state index in [1.807, 2.05) is 48.5 Å². The third-order valence-corrected chi connectivity index (χ3v) is 3.95. The van der Waals surface area contributed by atoms with Crippen molar-refractivity contribution >= 4 is 16.6 Å². The minimum absolute atomic E-state index is 0.149. The van der Waals surface area contributed by atoms with E-state index in [1.54, 1.807) is 0 Å². The first-order valence-electron chi connectivity index (χ1n) is 7.48. The van der Waals surface area contributed by atoms with Crippen molar-refractivity contribution in [2.75, 3.05) is 0 Å². The SMILES string of the molecule is C=CCC(C(=O)c1ccccc1)c1ccc2ccccc2c1. The average molecular weight is 286 g/mol. The van der Waals surface area contributed by atoms with E-state index in [0.29, 0.717) is 6.42 Å². The van der Waals surface area contributed by atoms with Crippen LogP contribution in [0.15, 0.2) is 85.5 Å². The van der Waals surface area contributed by atoms with Crippen molar-refractivity contribution in [2.24, 2.45) is 0 Å². The Hall–Kier alpha value is -2.67. The largest absolute Gasteiger partial charge is 0.293 e. The maximum atomic E-state index is 12.8. The molecule has 0 aliphatic carbocycles. The molecule has 3 aromatic carbocycles. The molecule has 0 aliphatic heterocycles. The quantitative estimate of drug-likeness (QED) is 0.454. The lowest BCUT2D eigenvalue weighted by molar-refractivity contribution is 0.0960.